The van der Waals surface area contributed by atoms with E-state index in [9.17, 15) is 0 Å². The monoisotopic (exact) mass is 455 g/mol. The van der Waals surface area contributed by atoms with Crippen LogP contribution >= 0.6 is 0 Å². The molecular formula is C32H18BN3. The van der Waals surface area contributed by atoms with Gasteiger partial charge in [-0.15, -0.1) is 5.10 Å². The van der Waals surface area contributed by atoms with Gasteiger partial charge in [0.25, 0.3) is 0 Å². The zero-order valence-electron chi connectivity index (χ0n) is 19.3. The second kappa shape index (κ2) is 6.49. The Balaban J connectivity index is 1.54. The highest BCUT2D eigenvalue weighted by Crippen LogP contribution is 2.38. The summed E-state index contributed by atoms with van der Waals surface area (Å²) in [4.78, 5) is 0. The van der Waals surface area contributed by atoms with Gasteiger partial charge in [0, 0.05) is 0 Å². The van der Waals surface area contributed by atoms with Crippen LogP contribution in [0.1, 0.15) is 0 Å². The molecule has 9 rings (SSSR count). The van der Waals surface area contributed by atoms with Gasteiger partial charge in [0.05, 0.1) is 11.2 Å². The second-order valence-electron chi connectivity index (χ2n) is 9.89. The fraction of sp³-hybridized carbons (Fsp3) is 0. The lowest BCUT2D eigenvalue weighted by molar-refractivity contribution is 0.827. The first kappa shape index (κ1) is 18.6. The summed E-state index contributed by atoms with van der Waals surface area (Å²) < 4.78 is 2.09. The van der Waals surface area contributed by atoms with E-state index in [0.717, 1.165) is 16.7 Å². The molecule has 0 saturated heterocycles. The van der Waals surface area contributed by atoms with E-state index >= 15 is 0 Å². The van der Waals surface area contributed by atoms with Crippen LogP contribution in [-0.2, 0) is 0 Å². The zero-order chi connectivity index (χ0) is 23.4. The van der Waals surface area contributed by atoms with Gasteiger partial charge >= 0.3 is 0 Å². The van der Waals surface area contributed by atoms with Crippen molar-refractivity contribution in [1.29, 1.82) is 0 Å². The van der Waals surface area contributed by atoms with E-state index in [1.54, 1.807) is 0 Å². The van der Waals surface area contributed by atoms with E-state index in [4.69, 9.17) is 5.21 Å². The van der Waals surface area contributed by atoms with Crippen molar-refractivity contribution in [3.05, 3.63) is 109 Å². The number of nitrogens with zero attached hydrogens (tertiary/aromatic N) is 3. The number of benzene rings is 6. The SMILES string of the molecule is c1ccc(-c2cc3c4c(c2)-n2nnc5cc6ccccc6c(c52)B4c2cccc4cccc-3c24)cc1. The first-order valence-corrected chi connectivity index (χ1v) is 12.4. The molecule has 3 heterocycles. The van der Waals surface area contributed by atoms with Crippen molar-refractivity contribution in [3.8, 4) is 27.9 Å². The van der Waals surface area contributed by atoms with Crippen molar-refractivity contribution in [1.82, 2.24) is 15.0 Å². The molecule has 0 amide bonds. The van der Waals surface area contributed by atoms with Crippen LogP contribution in [0, 0.1) is 0 Å². The Labute approximate surface area is 207 Å². The van der Waals surface area contributed by atoms with Gasteiger partial charge in [0.2, 0.25) is 6.71 Å². The van der Waals surface area contributed by atoms with Crippen LogP contribution in [-0.4, -0.2) is 21.7 Å². The molecule has 0 unspecified atom stereocenters. The number of hydrogen-bond acceptors (Lipinski definition) is 2. The van der Waals surface area contributed by atoms with E-state index in [1.807, 2.05) is 0 Å². The molecule has 2 aliphatic heterocycles. The van der Waals surface area contributed by atoms with E-state index in [0.29, 0.717) is 0 Å². The van der Waals surface area contributed by atoms with Crippen molar-refractivity contribution in [3.63, 3.8) is 0 Å². The average Bonchev–Trinajstić information content (AvgIpc) is 3.37. The van der Waals surface area contributed by atoms with E-state index in [1.165, 1.54) is 60.2 Å². The van der Waals surface area contributed by atoms with Gasteiger partial charge in [-0.1, -0.05) is 102 Å². The Morgan fingerprint density at radius 3 is 2.33 bits per heavy atom. The van der Waals surface area contributed by atoms with Gasteiger partial charge in [0.15, 0.2) is 0 Å². The Morgan fingerprint density at radius 2 is 1.42 bits per heavy atom. The lowest BCUT2D eigenvalue weighted by Gasteiger charge is -2.33. The Bertz CT molecular complexity index is 2050. The van der Waals surface area contributed by atoms with Crippen LogP contribution in [0.15, 0.2) is 109 Å². The summed E-state index contributed by atoms with van der Waals surface area (Å²) in [6.07, 6.45) is 0. The maximum absolute atomic E-state index is 4.73. The molecule has 6 aromatic carbocycles. The third-order valence-corrected chi connectivity index (χ3v) is 8.10. The highest BCUT2D eigenvalue weighted by molar-refractivity contribution is 7.02. The zero-order valence-corrected chi connectivity index (χ0v) is 19.3. The Kier molecular flexibility index (Phi) is 3.36. The molecule has 4 heteroatoms. The molecule has 0 spiro atoms. The first-order valence-electron chi connectivity index (χ1n) is 12.4. The Hall–Kier alpha value is -4.70. The molecular weight excluding hydrogens is 437 g/mol. The predicted octanol–water partition coefficient (Wildman–Crippen LogP) is 5.20. The molecule has 164 valence electrons. The maximum Gasteiger partial charge on any atom is 0.249 e. The number of hydrogen-bond donors (Lipinski definition) is 0. The minimum absolute atomic E-state index is 0.123. The molecule has 0 fully saturated rings. The molecule has 1 aromatic heterocycles. The minimum atomic E-state index is 0.123. The van der Waals surface area contributed by atoms with Crippen LogP contribution in [0.25, 0.3) is 60.5 Å². The standard InChI is InChI=1S/C32H18BN3/c1-2-8-19(9-3-1)22-16-25-24-14-6-11-20-12-7-15-26(29(20)24)33-30(25)28(18-22)36-32-27(34-35-36)17-21-10-4-5-13-23(21)31(32)33/h1-18H. The molecule has 0 saturated carbocycles. The number of fused-ring (bicyclic) bond motifs is 6. The van der Waals surface area contributed by atoms with Crippen LogP contribution in [0.4, 0.5) is 0 Å². The summed E-state index contributed by atoms with van der Waals surface area (Å²) in [5.41, 5.74) is 12.2. The summed E-state index contributed by atoms with van der Waals surface area (Å²) in [7, 11) is 0. The van der Waals surface area contributed by atoms with Crippen LogP contribution in [0.3, 0.4) is 0 Å². The summed E-state index contributed by atoms with van der Waals surface area (Å²) in [6, 6.07) is 39.7. The topological polar surface area (TPSA) is 30.7 Å². The summed E-state index contributed by atoms with van der Waals surface area (Å²) in [5.74, 6) is 0. The van der Waals surface area contributed by atoms with Crippen LogP contribution in [0.2, 0.25) is 0 Å². The molecule has 36 heavy (non-hydrogen) atoms. The quantitative estimate of drug-likeness (QED) is 0.319. The van der Waals surface area contributed by atoms with Gasteiger partial charge in [-0.05, 0) is 72.9 Å². The van der Waals surface area contributed by atoms with Gasteiger partial charge in [-0.3, -0.25) is 0 Å². The molecule has 0 bridgehead atoms. The van der Waals surface area contributed by atoms with E-state index < -0.39 is 0 Å². The van der Waals surface area contributed by atoms with Crippen molar-refractivity contribution in [2.45, 2.75) is 0 Å². The predicted molar refractivity (Wildman–Crippen MR) is 149 cm³/mol. The lowest BCUT2D eigenvalue weighted by Crippen LogP contribution is -2.58. The third-order valence-electron chi connectivity index (χ3n) is 8.10. The molecule has 0 atom stereocenters. The lowest BCUT2D eigenvalue weighted by atomic mass is 9.32. The van der Waals surface area contributed by atoms with Crippen molar-refractivity contribution < 1.29 is 0 Å². The molecule has 0 N–H and O–H groups in total. The molecule has 7 aromatic rings. The second-order valence-corrected chi connectivity index (χ2v) is 9.89. The van der Waals surface area contributed by atoms with Crippen LogP contribution in [0.5, 0.6) is 0 Å². The largest absolute Gasteiger partial charge is 0.249 e. The van der Waals surface area contributed by atoms with Crippen molar-refractivity contribution >= 4 is 55.7 Å². The van der Waals surface area contributed by atoms with Gasteiger partial charge in [-0.2, -0.15) is 0 Å². The van der Waals surface area contributed by atoms with Gasteiger partial charge in [-0.25, -0.2) is 4.68 Å². The molecule has 3 nitrogen and oxygen atoms in total. The highest BCUT2D eigenvalue weighted by Gasteiger charge is 2.40. The van der Waals surface area contributed by atoms with Crippen LogP contribution < -0.4 is 16.4 Å². The molecule has 2 aliphatic rings. The smallest absolute Gasteiger partial charge is 0.214 e. The minimum Gasteiger partial charge on any atom is -0.214 e. The Morgan fingerprint density at radius 1 is 0.611 bits per heavy atom. The van der Waals surface area contributed by atoms with E-state index in [2.05, 4.69) is 119 Å². The van der Waals surface area contributed by atoms with E-state index in [-0.39, 0.29) is 6.71 Å². The highest BCUT2D eigenvalue weighted by atomic mass is 15.4. The van der Waals surface area contributed by atoms with Crippen molar-refractivity contribution in [2.75, 3.05) is 0 Å². The van der Waals surface area contributed by atoms with Crippen molar-refractivity contribution in [2.24, 2.45) is 0 Å². The summed E-state index contributed by atoms with van der Waals surface area (Å²) >= 11 is 0. The maximum atomic E-state index is 4.73. The fourth-order valence-electron chi connectivity index (χ4n) is 6.67. The number of aromatic nitrogens is 3. The first-order chi connectivity index (χ1) is 17.9. The van der Waals surface area contributed by atoms with Gasteiger partial charge in [0.1, 0.15) is 5.52 Å². The molecule has 0 radical (unpaired) electrons. The fourth-order valence-corrected chi connectivity index (χ4v) is 6.67. The summed E-state index contributed by atoms with van der Waals surface area (Å²) in [6.45, 7) is 0.123. The number of rotatable bonds is 1. The van der Waals surface area contributed by atoms with Gasteiger partial charge < -0.3 is 0 Å². The average molecular weight is 455 g/mol. The molecule has 0 aliphatic carbocycles. The normalized spacial score (nSPS) is 12.9. The summed E-state index contributed by atoms with van der Waals surface area (Å²) in [5, 5.41) is 14.5. The third kappa shape index (κ3) is 2.20.